The van der Waals surface area contributed by atoms with Crippen LogP contribution in [0.1, 0.15) is 31.9 Å². The number of aryl methyl sites for hydroxylation is 2. The normalized spacial score (nSPS) is 15.2. The molecule has 1 aromatic heterocycles. The van der Waals surface area contributed by atoms with E-state index in [-0.39, 0.29) is 6.61 Å². The Balaban J connectivity index is 2.32. The van der Waals surface area contributed by atoms with Gasteiger partial charge in [0.25, 0.3) is 0 Å². The first-order valence-corrected chi connectivity index (χ1v) is 6.39. The number of hydrogen-bond acceptors (Lipinski definition) is 4. The molecule has 0 amide bonds. The molecule has 0 radical (unpaired) electrons. The van der Waals surface area contributed by atoms with Crippen LogP contribution >= 0.6 is 0 Å². The van der Waals surface area contributed by atoms with Crippen molar-refractivity contribution in [3.05, 3.63) is 5.69 Å². The molecule has 0 atom stereocenters. The second-order valence-electron chi connectivity index (χ2n) is 4.69. The van der Waals surface area contributed by atoms with E-state index in [4.69, 9.17) is 5.73 Å². The van der Waals surface area contributed by atoms with Crippen LogP contribution in [0.3, 0.4) is 0 Å². The topological polar surface area (TPSA) is 67.3 Å². The van der Waals surface area contributed by atoms with Crippen molar-refractivity contribution < 1.29 is 5.11 Å². The van der Waals surface area contributed by atoms with Crippen molar-refractivity contribution in [3.8, 4) is 0 Å². The summed E-state index contributed by atoms with van der Waals surface area (Å²) in [7, 11) is 0. The van der Waals surface area contributed by atoms with Crippen LogP contribution in [-0.4, -0.2) is 34.1 Å². The number of aromatic nitrogens is 2. The third-order valence-corrected chi connectivity index (χ3v) is 3.18. The minimum absolute atomic E-state index is 0.159. The molecule has 2 rings (SSSR count). The third kappa shape index (κ3) is 2.39. The third-order valence-electron chi connectivity index (χ3n) is 3.18. The number of hydrogen-bond donors (Lipinski definition) is 2. The molecule has 0 spiro atoms. The van der Waals surface area contributed by atoms with E-state index < -0.39 is 0 Å². The van der Waals surface area contributed by atoms with Gasteiger partial charge in [0.2, 0.25) is 0 Å². The molecule has 0 saturated heterocycles. The van der Waals surface area contributed by atoms with Crippen LogP contribution in [0.5, 0.6) is 0 Å². The molecule has 1 aliphatic rings. The molecule has 0 bridgehead atoms. The molecule has 1 fully saturated rings. The van der Waals surface area contributed by atoms with Crippen molar-refractivity contribution in [2.24, 2.45) is 0 Å². The maximum Gasteiger partial charge on any atom is 0.150 e. The van der Waals surface area contributed by atoms with E-state index in [1.165, 1.54) is 12.8 Å². The van der Waals surface area contributed by atoms with E-state index >= 15 is 0 Å². The number of rotatable bonds is 6. The first kappa shape index (κ1) is 12.2. The maximum atomic E-state index is 9.18. The highest BCUT2D eigenvalue weighted by atomic mass is 16.3. The van der Waals surface area contributed by atoms with Gasteiger partial charge in [0.1, 0.15) is 0 Å². The Labute approximate surface area is 102 Å². The monoisotopic (exact) mass is 238 g/mol. The SMILES string of the molecule is CCCn1nc(C)c(N)c1N(CCO)C1CC1. The Morgan fingerprint density at radius 1 is 1.53 bits per heavy atom. The lowest BCUT2D eigenvalue weighted by molar-refractivity contribution is 0.300. The zero-order chi connectivity index (χ0) is 12.4. The molecule has 0 unspecified atom stereocenters. The lowest BCUT2D eigenvalue weighted by Gasteiger charge is -2.25. The number of anilines is 2. The smallest absolute Gasteiger partial charge is 0.150 e. The summed E-state index contributed by atoms with van der Waals surface area (Å²) in [5.41, 5.74) is 7.77. The van der Waals surface area contributed by atoms with Gasteiger partial charge < -0.3 is 15.7 Å². The highest BCUT2D eigenvalue weighted by Crippen LogP contribution is 2.35. The fraction of sp³-hybridized carbons (Fsp3) is 0.750. The lowest BCUT2D eigenvalue weighted by Crippen LogP contribution is -2.31. The molecule has 17 heavy (non-hydrogen) atoms. The van der Waals surface area contributed by atoms with E-state index in [1.807, 2.05) is 11.6 Å². The highest BCUT2D eigenvalue weighted by Gasteiger charge is 2.32. The largest absolute Gasteiger partial charge is 0.395 e. The quantitative estimate of drug-likeness (QED) is 0.780. The standard InChI is InChI=1S/C12H22N4O/c1-3-6-16-12(11(13)9(2)14-16)15(7-8-17)10-4-5-10/h10,17H,3-8,13H2,1-2H3. The average molecular weight is 238 g/mol. The van der Waals surface area contributed by atoms with Crippen molar-refractivity contribution in [2.45, 2.75) is 45.7 Å². The highest BCUT2D eigenvalue weighted by molar-refractivity contribution is 5.67. The zero-order valence-corrected chi connectivity index (χ0v) is 10.7. The van der Waals surface area contributed by atoms with Crippen LogP contribution in [0.15, 0.2) is 0 Å². The Morgan fingerprint density at radius 2 is 2.24 bits per heavy atom. The molecule has 5 nitrogen and oxygen atoms in total. The van der Waals surface area contributed by atoms with Crippen molar-refractivity contribution in [3.63, 3.8) is 0 Å². The van der Waals surface area contributed by atoms with Crippen molar-refractivity contribution >= 4 is 11.5 Å². The predicted octanol–water partition coefficient (Wildman–Crippen LogP) is 1.14. The molecular weight excluding hydrogens is 216 g/mol. The second kappa shape index (κ2) is 4.96. The lowest BCUT2D eigenvalue weighted by atomic mass is 10.3. The number of aliphatic hydroxyl groups excluding tert-OH is 1. The molecule has 1 aliphatic carbocycles. The minimum atomic E-state index is 0.159. The summed E-state index contributed by atoms with van der Waals surface area (Å²) >= 11 is 0. The van der Waals surface area contributed by atoms with E-state index in [2.05, 4.69) is 16.9 Å². The fourth-order valence-corrected chi connectivity index (χ4v) is 2.21. The van der Waals surface area contributed by atoms with Crippen LogP contribution in [0.2, 0.25) is 0 Å². The summed E-state index contributed by atoms with van der Waals surface area (Å²) in [6.45, 7) is 5.75. The minimum Gasteiger partial charge on any atom is -0.395 e. The number of nitrogens with zero attached hydrogens (tertiary/aromatic N) is 3. The first-order chi connectivity index (χ1) is 8.19. The van der Waals surface area contributed by atoms with Gasteiger partial charge in [0.05, 0.1) is 18.0 Å². The number of aliphatic hydroxyl groups is 1. The van der Waals surface area contributed by atoms with Gasteiger partial charge >= 0.3 is 0 Å². The van der Waals surface area contributed by atoms with Crippen LogP contribution in [-0.2, 0) is 6.54 Å². The second-order valence-corrected chi connectivity index (χ2v) is 4.69. The summed E-state index contributed by atoms with van der Waals surface area (Å²) < 4.78 is 1.98. The maximum absolute atomic E-state index is 9.18. The van der Waals surface area contributed by atoms with E-state index in [0.717, 1.165) is 30.2 Å². The summed E-state index contributed by atoms with van der Waals surface area (Å²) in [4.78, 5) is 2.21. The van der Waals surface area contributed by atoms with Crippen LogP contribution in [0, 0.1) is 6.92 Å². The molecule has 0 aliphatic heterocycles. The predicted molar refractivity (Wildman–Crippen MR) is 69.1 cm³/mol. The molecule has 0 aromatic carbocycles. The Hall–Kier alpha value is -1.23. The van der Waals surface area contributed by atoms with Gasteiger partial charge in [0.15, 0.2) is 5.82 Å². The molecule has 1 heterocycles. The van der Waals surface area contributed by atoms with E-state index in [1.54, 1.807) is 0 Å². The Kier molecular flexibility index (Phi) is 3.57. The van der Waals surface area contributed by atoms with Crippen molar-refractivity contribution in [2.75, 3.05) is 23.8 Å². The van der Waals surface area contributed by atoms with Crippen LogP contribution < -0.4 is 10.6 Å². The van der Waals surface area contributed by atoms with Crippen molar-refractivity contribution in [1.82, 2.24) is 9.78 Å². The van der Waals surface area contributed by atoms with Gasteiger partial charge in [-0.2, -0.15) is 5.10 Å². The van der Waals surface area contributed by atoms with Gasteiger partial charge in [-0.15, -0.1) is 0 Å². The molecule has 96 valence electrons. The Morgan fingerprint density at radius 3 is 2.76 bits per heavy atom. The fourth-order valence-electron chi connectivity index (χ4n) is 2.21. The van der Waals surface area contributed by atoms with Crippen molar-refractivity contribution in [1.29, 1.82) is 0 Å². The molecule has 1 saturated carbocycles. The number of nitrogen functional groups attached to an aromatic ring is 1. The summed E-state index contributed by atoms with van der Waals surface area (Å²) in [6.07, 6.45) is 3.41. The van der Waals surface area contributed by atoms with E-state index in [9.17, 15) is 5.11 Å². The summed E-state index contributed by atoms with van der Waals surface area (Å²) in [5.74, 6) is 1.00. The van der Waals surface area contributed by atoms with Gasteiger partial charge in [-0.25, -0.2) is 4.68 Å². The summed E-state index contributed by atoms with van der Waals surface area (Å²) in [5, 5.41) is 13.7. The van der Waals surface area contributed by atoms with Gasteiger partial charge in [-0.05, 0) is 26.2 Å². The number of nitrogens with two attached hydrogens (primary N) is 1. The van der Waals surface area contributed by atoms with Crippen LogP contribution in [0.25, 0.3) is 0 Å². The Bertz CT molecular complexity index is 384. The molecule has 5 heteroatoms. The van der Waals surface area contributed by atoms with E-state index in [0.29, 0.717) is 12.6 Å². The van der Waals surface area contributed by atoms with Gasteiger partial charge in [-0.1, -0.05) is 6.92 Å². The molecular formula is C12H22N4O. The molecule has 3 N–H and O–H groups in total. The molecule has 1 aromatic rings. The summed E-state index contributed by atoms with van der Waals surface area (Å²) in [6, 6.07) is 0.538. The zero-order valence-electron chi connectivity index (χ0n) is 10.7. The first-order valence-electron chi connectivity index (χ1n) is 6.39. The van der Waals surface area contributed by atoms with Crippen LogP contribution in [0.4, 0.5) is 11.5 Å². The van der Waals surface area contributed by atoms with Gasteiger partial charge in [0, 0.05) is 19.1 Å². The van der Waals surface area contributed by atoms with Gasteiger partial charge in [-0.3, -0.25) is 0 Å². The average Bonchev–Trinajstić information content (AvgIpc) is 3.08.